The van der Waals surface area contributed by atoms with E-state index in [1.54, 1.807) is 0 Å². The molecule has 3 rings (SSSR count). The summed E-state index contributed by atoms with van der Waals surface area (Å²) in [7, 11) is 0. The fraction of sp³-hybridized carbons (Fsp3) is 0.300. The van der Waals surface area contributed by atoms with Crippen molar-refractivity contribution in [3.05, 3.63) is 66.2 Å². The number of likely N-dealkylation sites (tertiary alicyclic amines) is 1. The number of amides is 2. The van der Waals surface area contributed by atoms with Crippen LogP contribution in [0.2, 0.25) is 0 Å². The lowest BCUT2D eigenvalue weighted by Crippen LogP contribution is -2.34. The Morgan fingerprint density at radius 1 is 1.08 bits per heavy atom. The summed E-state index contributed by atoms with van der Waals surface area (Å²) in [5.41, 5.74) is 1.12. The Morgan fingerprint density at radius 2 is 1.76 bits per heavy atom. The molecule has 1 fully saturated rings. The lowest BCUT2D eigenvalue weighted by Gasteiger charge is -2.17. The zero-order chi connectivity index (χ0) is 17.5. The lowest BCUT2D eigenvalue weighted by molar-refractivity contribution is -0.128. The van der Waals surface area contributed by atoms with Crippen molar-refractivity contribution in [1.29, 1.82) is 0 Å². The number of hydrogen-bond acceptors (Lipinski definition) is 3. The van der Waals surface area contributed by atoms with Crippen LogP contribution in [-0.4, -0.2) is 36.4 Å². The lowest BCUT2D eigenvalue weighted by atomic mass is 10.1. The predicted octanol–water partition coefficient (Wildman–Crippen LogP) is 2.23. The third-order valence-corrected chi connectivity index (χ3v) is 4.21. The zero-order valence-corrected chi connectivity index (χ0v) is 14.1. The Hall–Kier alpha value is -2.82. The molecule has 1 aliphatic heterocycles. The third-order valence-electron chi connectivity index (χ3n) is 4.21. The highest BCUT2D eigenvalue weighted by atomic mass is 16.5. The van der Waals surface area contributed by atoms with E-state index in [0.717, 1.165) is 5.56 Å². The van der Waals surface area contributed by atoms with Crippen molar-refractivity contribution < 1.29 is 14.3 Å². The molecular weight excluding hydrogens is 316 g/mol. The van der Waals surface area contributed by atoms with Gasteiger partial charge >= 0.3 is 0 Å². The van der Waals surface area contributed by atoms with Crippen molar-refractivity contribution in [2.24, 2.45) is 5.92 Å². The topological polar surface area (TPSA) is 58.6 Å². The van der Waals surface area contributed by atoms with Crippen LogP contribution in [0.5, 0.6) is 5.75 Å². The molecule has 0 bridgehead atoms. The van der Waals surface area contributed by atoms with E-state index < -0.39 is 0 Å². The van der Waals surface area contributed by atoms with E-state index in [1.807, 2.05) is 65.6 Å². The average Bonchev–Trinajstić information content (AvgIpc) is 2.99. The fourth-order valence-electron chi connectivity index (χ4n) is 2.92. The molecular formula is C20H22N2O3. The van der Waals surface area contributed by atoms with E-state index in [0.29, 0.717) is 31.8 Å². The summed E-state index contributed by atoms with van der Waals surface area (Å²) in [6.45, 7) is 1.78. The molecule has 1 atom stereocenters. The van der Waals surface area contributed by atoms with Gasteiger partial charge in [-0.15, -0.1) is 0 Å². The number of nitrogens with zero attached hydrogens (tertiary/aromatic N) is 1. The molecule has 1 aliphatic rings. The van der Waals surface area contributed by atoms with Crippen molar-refractivity contribution in [2.45, 2.75) is 13.0 Å². The number of ether oxygens (including phenoxy) is 1. The average molecular weight is 338 g/mol. The van der Waals surface area contributed by atoms with E-state index in [4.69, 9.17) is 4.74 Å². The van der Waals surface area contributed by atoms with Crippen molar-refractivity contribution in [1.82, 2.24) is 10.2 Å². The normalized spacial score (nSPS) is 16.7. The van der Waals surface area contributed by atoms with Crippen LogP contribution in [0.15, 0.2) is 60.7 Å². The van der Waals surface area contributed by atoms with Crippen LogP contribution in [0.25, 0.3) is 0 Å². The summed E-state index contributed by atoms with van der Waals surface area (Å²) >= 11 is 0. The van der Waals surface area contributed by atoms with Gasteiger partial charge in [-0.05, 0) is 17.7 Å². The van der Waals surface area contributed by atoms with Crippen LogP contribution in [0, 0.1) is 5.92 Å². The number of carbonyl (C=O) groups is 2. The molecule has 1 N–H and O–H groups in total. The van der Waals surface area contributed by atoms with Crippen molar-refractivity contribution in [3.8, 4) is 5.75 Å². The minimum atomic E-state index is -0.169. The molecule has 2 amide bonds. The SMILES string of the molecule is O=C(COc1ccccc1)NCC1CC(=O)N(Cc2ccccc2)C1. The molecule has 0 radical (unpaired) electrons. The Balaban J connectivity index is 1.40. The van der Waals surface area contributed by atoms with E-state index in [2.05, 4.69) is 5.32 Å². The predicted molar refractivity (Wildman–Crippen MR) is 94.9 cm³/mol. The molecule has 5 heteroatoms. The van der Waals surface area contributed by atoms with Crippen molar-refractivity contribution in [3.63, 3.8) is 0 Å². The molecule has 0 saturated carbocycles. The number of benzene rings is 2. The van der Waals surface area contributed by atoms with Gasteiger partial charge in [0.25, 0.3) is 5.91 Å². The number of rotatable bonds is 7. The van der Waals surface area contributed by atoms with Crippen LogP contribution < -0.4 is 10.1 Å². The Labute approximate surface area is 147 Å². The molecule has 25 heavy (non-hydrogen) atoms. The number of nitrogens with one attached hydrogen (secondary N) is 1. The highest BCUT2D eigenvalue weighted by molar-refractivity contribution is 5.79. The summed E-state index contributed by atoms with van der Waals surface area (Å²) in [6, 6.07) is 19.2. The van der Waals surface area contributed by atoms with Crippen LogP contribution >= 0.6 is 0 Å². The maximum atomic E-state index is 12.1. The first-order valence-corrected chi connectivity index (χ1v) is 8.47. The molecule has 1 heterocycles. The first-order valence-electron chi connectivity index (χ1n) is 8.47. The summed E-state index contributed by atoms with van der Waals surface area (Å²) < 4.78 is 5.41. The second-order valence-electron chi connectivity index (χ2n) is 6.24. The highest BCUT2D eigenvalue weighted by Crippen LogP contribution is 2.19. The quantitative estimate of drug-likeness (QED) is 0.842. The van der Waals surface area contributed by atoms with Crippen LogP contribution in [-0.2, 0) is 16.1 Å². The minimum absolute atomic E-state index is 0.0155. The molecule has 5 nitrogen and oxygen atoms in total. The minimum Gasteiger partial charge on any atom is -0.484 e. The number of para-hydroxylation sites is 1. The molecule has 1 unspecified atom stereocenters. The van der Waals surface area contributed by atoms with Crippen molar-refractivity contribution in [2.75, 3.05) is 19.7 Å². The Morgan fingerprint density at radius 3 is 2.48 bits per heavy atom. The standard InChI is InChI=1S/C20H22N2O3/c23-19(15-25-18-9-5-2-6-10-18)21-12-17-11-20(24)22(14-17)13-16-7-3-1-4-8-16/h1-10,17H,11-15H2,(H,21,23). The molecule has 0 aromatic heterocycles. The van der Waals surface area contributed by atoms with Gasteiger partial charge in [0.15, 0.2) is 6.61 Å². The van der Waals surface area contributed by atoms with Crippen molar-refractivity contribution >= 4 is 11.8 Å². The maximum absolute atomic E-state index is 12.1. The van der Waals surface area contributed by atoms with Gasteiger partial charge in [0.1, 0.15) is 5.75 Å². The molecule has 1 saturated heterocycles. The monoisotopic (exact) mass is 338 g/mol. The molecule has 130 valence electrons. The van der Waals surface area contributed by atoms with Crippen LogP contribution in [0.4, 0.5) is 0 Å². The van der Waals surface area contributed by atoms with Gasteiger partial charge in [-0.25, -0.2) is 0 Å². The highest BCUT2D eigenvalue weighted by Gasteiger charge is 2.29. The largest absolute Gasteiger partial charge is 0.484 e. The third kappa shape index (κ3) is 5.08. The van der Waals surface area contributed by atoms with Crippen LogP contribution in [0.3, 0.4) is 0 Å². The van der Waals surface area contributed by atoms with E-state index in [1.165, 1.54) is 0 Å². The van der Waals surface area contributed by atoms with Gasteiger partial charge in [-0.3, -0.25) is 9.59 Å². The van der Waals surface area contributed by atoms with Gasteiger partial charge in [0.05, 0.1) is 0 Å². The summed E-state index contributed by atoms with van der Waals surface area (Å²) in [4.78, 5) is 25.9. The summed E-state index contributed by atoms with van der Waals surface area (Å²) in [5, 5.41) is 2.86. The number of carbonyl (C=O) groups excluding carboxylic acids is 2. The second kappa shape index (κ2) is 8.33. The van der Waals surface area contributed by atoms with E-state index in [-0.39, 0.29) is 24.3 Å². The van der Waals surface area contributed by atoms with E-state index in [9.17, 15) is 9.59 Å². The second-order valence-corrected chi connectivity index (χ2v) is 6.24. The molecule has 0 aliphatic carbocycles. The van der Waals surface area contributed by atoms with Gasteiger partial charge < -0.3 is 15.0 Å². The molecule has 0 spiro atoms. The van der Waals surface area contributed by atoms with E-state index >= 15 is 0 Å². The summed E-state index contributed by atoms with van der Waals surface area (Å²) in [5.74, 6) is 0.793. The first-order chi connectivity index (χ1) is 12.2. The van der Waals surface area contributed by atoms with Crippen LogP contribution in [0.1, 0.15) is 12.0 Å². The van der Waals surface area contributed by atoms with Gasteiger partial charge in [-0.1, -0.05) is 48.5 Å². The van der Waals surface area contributed by atoms with Gasteiger partial charge in [-0.2, -0.15) is 0 Å². The van der Waals surface area contributed by atoms with Gasteiger partial charge in [0.2, 0.25) is 5.91 Å². The molecule has 2 aromatic rings. The number of hydrogen-bond donors (Lipinski definition) is 1. The fourth-order valence-corrected chi connectivity index (χ4v) is 2.92. The Kier molecular flexibility index (Phi) is 5.67. The smallest absolute Gasteiger partial charge is 0.257 e. The molecule has 2 aromatic carbocycles. The maximum Gasteiger partial charge on any atom is 0.257 e. The Bertz CT molecular complexity index is 703. The summed E-state index contributed by atoms with van der Waals surface area (Å²) in [6.07, 6.45) is 0.479. The zero-order valence-electron chi connectivity index (χ0n) is 14.1. The van der Waals surface area contributed by atoms with Gasteiger partial charge in [0, 0.05) is 32.0 Å². The first kappa shape index (κ1) is 17.0.